The van der Waals surface area contributed by atoms with Gasteiger partial charge in [-0.15, -0.1) is 0 Å². The molecule has 0 spiro atoms. The van der Waals surface area contributed by atoms with Crippen molar-refractivity contribution in [2.75, 3.05) is 13.2 Å². The number of hydrogen-bond donors (Lipinski definition) is 2. The number of aliphatic hydroxyl groups is 1. The molecule has 0 atom stereocenters. The van der Waals surface area contributed by atoms with Gasteiger partial charge < -0.3 is 10.8 Å². The van der Waals surface area contributed by atoms with Gasteiger partial charge in [0.2, 0.25) is 0 Å². The van der Waals surface area contributed by atoms with Gasteiger partial charge in [0.05, 0.1) is 13.2 Å². The lowest BCUT2D eigenvalue weighted by atomic mass is 10.6. The maximum absolute atomic E-state index is 11.7. The Morgan fingerprint density at radius 1 is 1.70 bits per heavy atom. The Balaban J connectivity index is 3.85. The van der Waals surface area contributed by atoms with Crippen LogP contribution in [0.25, 0.3) is 0 Å². The van der Waals surface area contributed by atoms with E-state index in [2.05, 4.69) is 5.73 Å². The van der Waals surface area contributed by atoms with Gasteiger partial charge in [-0.1, -0.05) is 0 Å². The van der Waals surface area contributed by atoms with Crippen LogP contribution >= 0.6 is 0 Å². The molecule has 0 aliphatic heterocycles. The molecule has 4 nitrogen and oxygen atoms in total. The van der Waals surface area contributed by atoms with Gasteiger partial charge in [0.25, 0.3) is 0 Å². The molecule has 0 unspecified atom stereocenters. The summed E-state index contributed by atoms with van der Waals surface area (Å²) in [5, 5.41) is 8.15. The Morgan fingerprint density at radius 3 is 2.30 bits per heavy atom. The summed E-state index contributed by atoms with van der Waals surface area (Å²) in [5.74, 6) is 0. The van der Waals surface area contributed by atoms with Crippen LogP contribution < -0.4 is 5.73 Å². The van der Waals surface area contributed by atoms with E-state index in [-0.39, 0.29) is 4.90 Å². The molecule has 60 valence electrons. The van der Waals surface area contributed by atoms with E-state index in [4.69, 9.17) is 5.11 Å². The maximum atomic E-state index is 11.7. The summed E-state index contributed by atoms with van der Waals surface area (Å²) in [6.45, 7) is -3.90. The second-order valence-electron chi connectivity index (χ2n) is 1.53. The molecule has 3 N–H and O–H groups in total. The third-order valence-corrected chi connectivity index (χ3v) is 0.860. The number of carbonyl (C=O) groups excluding carboxylic acids is 1. The van der Waals surface area contributed by atoms with E-state index >= 15 is 0 Å². The van der Waals surface area contributed by atoms with Crippen LogP contribution in [0, 0.1) is 0 Å². The van der Waals surface area contributed by atoms with E-state index in [9.17, 15) is 13.6 Å². The molecule has 0 aromatic carbocycles. The molecule has 10 heavy (non-hydrogen) atoms. The number of nitrogens with two attached hydrogens (primary N) is 1. The number of primary amides is 1. The molecule has 0 aliphatic rings. The van der Waals surface area contributed by atoms with Crippen LogP contribution in [0.4, 0.5) is 13.6 Å². The second kappa shape index (κ2) is 3.99. The fourth-order valence-electron chi connectivity index (χ4n) is 0.412. The molecule has 0 rings (SSSR count). The fraction of sp³-hybridized carbons (Fsp3) is 0.750. The SMILES string of the molecule is NC(=O)N(CCO)C(F)F. The van der Waals surface area contributed by atoms with Gasteiger partial charge in [-0.05, 0) is 0 Å². The summed E-state index contributed by atoms with van der Waals surface area (Å²) in [6.07, 6.45) is 0. The van der Waals surface area contributed by atoms with E-state index in [1.54, 1.807) is 0 Å². The molecule has 0 saturated heterocycles. The molecule has 0 fully saturated rings. The van der Waals surface area contributed by atoms with Crippen molar-refractivity contribution in [2.24, 2.45) is 5.73 Å². The largest absolute Gasteiger partial charge is 0.395 e. The van der Waals surface area contributed by atoms with Crippen molar-refractivity contribution >= 4 is 6.03 Å². The Bertz CT molecular complexity index is 120. The monoisotopic (exact) mass is 154 g/mol. The zero-order valence-corrected chi connectivity index (χ0v) is 5.13. The molecule has 6 heteroatoms. The number of rotatable bonds is 3. The first kappa shape index (κ1) is 9.09. The lowest BCUT2D eigenvalue weighted by Gasteiger charge is -2.16. The van der Waals surface area contributed by atoms with Crippen molar-refractivity contribution in [3.8, 4) is 0 Å². The van der Waals surface area contributed by atoms with Gasteiger partial charge in [0.1, 0.15) is 0 Å². The molecule has 0 heterocycles. The van der Waals surface area contributed by atoms with Crippen LogP contribution in [0.5, 0.6) is 0 Å². The fourth-order valence-corrected chi connectivity index (χ4v) is 0.412. The van der Waals surface area contributed by atoms with Crippen molar-refractivity contribution in [2.45, 2.75) is 6.55 Å². The van der Waals surface area contributed by atoms with Gasteiger partial charge in [0.15, 0.2) is 0 Å². The van der Waals surface area contributed by atoms with Crippen molar-refractivity contribution in [1.29, 1.82) is 0 Å². The van der Waals surface area contributed by atoms with Crippen molar-refractivity contribution in [3.05, 3.63) is 0 Å². The molecular weight excluding hydrogens is 146 g/mol. The van der Waals surface area contributed by atoms with Gasteiger partial charge in [-0.3, -0.25) is 4.90 Å². The lowest BCUT2D eigenvalue weighted by Crippen LogP contribution is -2.41. The van der Waals surface area contributed by atoms with Crippen molar-refractivity contribution < 1.29 is 18.7 Å². The minimum atomic E-state index is -2.94. The highest BCUT2D eigenvalue weighted by Gasteiger charge is 2.18. The second-order valence-corrected chi connectivity index (χ2v) is 1.53. The predicted octanol–water partition coefficient (Wildman–Crippen LogP) is -0.418. The summed E-state index contributed by atoms with van der Waals surface area (Å²) >= 11 is 0. The highest BCUT2D eigenvalue weighted by molar-refractivity contribution is 5.71. The predicted molar refractivity (Wildman–Crippen MR) is 29.4 cm³/mol. The maximum Gasteiger partial charge on any atom is 0.319 e. The van der Waals surface area contributed by atoms with Crippen LogP contribution in [0.15, 0.2) is 0 Å². The van der Waals surface area contributed by atoms with Gasteiger partial charge >= 0.3 is 12.6 Å². The first-order valence-corrected chi connectivity index (χ1v) is 2.54. The number of carbonyl (C=O) groups is 1. The minimum Gasteiger partial charge on any atom is -0.395 e. The normalized spacial score (nSPS) is 10.0. The van der Waals surface area contributed by atoms with Crippen LogP contribution in [-0.2, 0) is 0 Å². The smallest absolute Gasteiger partial charge is 0.319 e. The highest BCUT2D eigenvalue weighted by atomic mass is 19.3. The molecule has 2 amide bonds. The van der Waals surface area contributed by atoms with Gasteiger partial charge in [-0.25, -0.2) is 4.79 Å². The number of halogens is 2. The van der Waals surface area contributed by atoms with Gasteiger partial charge in [-0.2, -0.15) is 8.78 Å². The number of hydrogen-bond acceptors (Lipinski definition) is 2. The van der Waals surface area contributed by atoms with Crippen LogP contribution in [0.1, 0.15) is 0 Å². The zero-order valence-electron chi connectivity index (χ0n) is 5.13. The first-order valence-electron chi connectivity index (χ1n) is 2.54. The summed E-state index contributed by atoms with van der Waals surface area (Å²) < 4.78 is 23.3. The van der Waals surface area contributed by atoms with E-state index in [0.717, 1.165) is 0 Å². The lowest BCUT2D eigenvalue weighted by molar-refractivity contribution is -0.00298. The Morgan fingerprint density at radius 2 is 2.20 bits per heavy atom. The Kier molecular flexibility index (Phi) is 3.63. The first-order chi connectivity index (χ1) is 4.59. The average Bonchev–Trinajstić information content (AvgIpc) is 1.81. The minimum absolute atomic E-state index is 0.0694. The van der Waals surface area contributed by atoms with E-state index in [1.807, 2.05) is 0 Å². The standard InChI is InChI=1S/C4H8F2N2O2/c5-3(6)8(1-2-9)4(7)10/h3,9H,1-2H2,(H2,7,10). The van der Waals surface area contributed by atoms with Gasteiger partial charge in [0, 0.05) is 0 Å². The number of aliphatic hydroxyl groups excluding tert-OH is 1. The summed E-state index contributed by atoms with van der Waals surface area (Å²) in [6, 6.07) is -1.23. The van der Waals surface area contributed by atoms with Crippen molar-refractivity contribution in [3.63, 3.8) is 0 Å². The average molecular weight is 154 g/mol. The third kappa shape index (κ3) is 2.58. The molecule has 0 aliphatic carbocycles. The molecule has 0 radical (unpaired) electrons. The number of urea groups is 1. The zero-order chi connectivity index (χ0) is 8.15. The Labute approximate surface area is 56.2 Å². The number of nitrogens with zero attached hydrogens (tertiary/aromatic N) is 1. The van der Waals surface area contributed by atoms with Crippen LogP contribution in [-0.4, -0.2) is 35.7 Å². The molecule has 0 aromatic rings. The number of alkyl halides is 2. The third-order valence-electron chi connectivity index (χ3n) is 0.860. The summed E-state index contributed by atoms with van der Waals surface area (Å²) in [5.41, 5.74) is 4.52. The molecule has 0 aromatic heterocycles. The molecular formula is C4H8F2N2O2. The van der Waals surface area contributed by atoms with E-state index in [0.29, 0.717) is 0 Å². The van der Waals surface area contributed by atoms with Crippen LogP contribution in [0.2, 0.25) is 0 Å². The Hall–Kier alpha value is -0.910. The van der Waals surface area contributed by atoms with E-state index in [1.165, 1.54) is 0 Å². The summed E-state index contributed by atoms with van der Waals surface area (Å²) in [7, 11) is 0. The molecule has 0 saturated carbocycles. The topological polar surface area (TPSA) is 66.6 Å². The van der Waals surface area contributed by atoms with Crippen molar-refractivity contribution in [1.82, 2.24) is 4.90 Å². The number of amides is 2. The summed E-state index contributed by atoms with van der Waals surface area (Å²) in [4.78, 5) is 10.2. The highest BCUT2D eigenvalue weighted by Crippen LogP contribution is 2.00. The van der Waals surface area contributed by atoms with Crippen LogP contribution in [0.3, 0.4) is 0 Å². The quantitative estimate of drug-likeness (QED) is 0.542. The van der Waals surface area contributed by atoms with E-state index < -0.39 is 25.7 Å². The molecule has 0 bridgehead atoms.